The highest BCUT2D eigenvalue weighted by atomic mass is 35.5. The van der Waals surface area contributed by atoms with Gasteiger partial charge in [0.15, 0.2) is 0 Å². The summed E-state index contributed by atoms with van der Waals surface area (Å²) in [5.41, 5.74) is 2.98. The van der Waals surface area contributed by atoms with E-state index in [1.54, 1.807) is 0 Å². The number of hydrogen-bond donors (Lipinski definition) is 1. The molecule has 19 heavy (non-hydrogen) atoms. The van der Waals surface area contributed by atoms with Gasteiger partial charge in [0.2, 0.25) is 0 Å². The van der Waals surface area contributed by atoms with Crippen molar-refractivity contribution in [1.82, 2.24) is 5.32 Å². The normalized spacial score (nSPS) is 18.2. The molecule has 1 aliphatic rings. The van der Waals surface area contributed by atoms with Crippen LogP contribution in [0.5, 0.6) is 0 Å². The van der Waals surface area contributed by atoms with Crippen molar-refractivity contribution in [2.75, 3.05) is 6.54 Å². The van der Waals surface area contributed by atoms with Gasteiger partial charge < -0.3 is 5.32 Å². The summed E-state index contributed by atoms with van der Waals surface area (Å²) >= 11 is 6.41. The molecule has 1 aliphatic carbocycles. The molecule has 2 rings (SSSR count). The van der Waals surface area contributed by atoms with Crippen LogP contribution < -0.4 is 5.32 Å². The lowest BCUT2D eigenvalue weighted by Crippen LogP contribution is -2.37. The van der Waals surface area contributed by atoms with Gasteiger partial charge in [-0.1, -0.05) is 50.4 Å². The van der Waals surface area contributed by atoms with Gasteiger partial charge in [0.1, 0.15) is 0 Å². The molecule has 1 fully saturated rings. The highest BCUT2D eigenvalue weighted by Gasteiger charge is 2.34. The van der Waals surface area contributed by atoms with Gasteiger partial charge in [0, 0.05) is 17.6 Å². The van der Waals surface area contributed by atoms with Gasteiger partial charge in [-0.05, 0) is 48.8 Å². The van der Waals surface area contributed by atoms with Crippen LogP contribution in [0.3, 0.4) is 0 Å². The lowest BCUT2D eigenvalue weighted by atomic mass is 9.79. The van der Waals surface area contributed by atoms with Crippen molar-refractivity contribution >= 4 is 11.6 Å². The van der Waals surface area contributed by atoms with Crippen LogP contribution in [0.1, 0.15) is 50.7 Å². The van der Waals surface area contributed by atoms with Crippen LogP contribution in [0, 0.1) is 12.3 Å². The van der Waals surface area contributed by atoms with E-state index in [4.69, 9.17) is 11.6 Å². The van der Waals surface area contributed by atoms with E-state index in [2.05, 4.69) is 44.3 Å². The molecule has 0 unspecified atom stereocenters. The molecule has 0 aliphatic heterocycles. The molecule has 0 radical (unpaired) electrons. The van der Waals surface area contributed by atoms with Gasteiger partial charge in [-0.15, -0.1) is 0 Å². The lowest BCUT2D eigenvalue weighted by molar-refractivity contribution is 0.269. The van der Waals surface area contributed by atoms with Crippen LogP contribution in [0.15, 0.2) is 18.2 Å². The summed E-state index contributed by atoms with van der Waals surface area (Å²) in [4.78, 5) is 0. The minimum atomic E-state index is 0.420. The minimum Gasteiger partial charge on any atom is -0.314 e. The van der Waals surface area contributed by atoms with Crippen LogP contribution in [-0.4, -0.2) is 12.6 Å². The van der Waals surface area contributed by atoms with Crippen molar-refractivity contribution < 1.29 is 0 Å². The van der Waals surface area contributed by atoms with Crippen LogP contribution >= 0.6 is 11.6 Å². The molecular weight excluding hydrogens is 254 g/mol. The first-order valence-corrected chi connectivity index (χ1v) is 7.87. The molecule has 1 saturated carbocycles. The van der Waals surface area contributed by atoms with Crippen LogP contribution in [-0.2, 0) is 6.42 Å². The monoisotopic (exact) mass is 279 g/mol. The van der Waals surface area contributed by atoms with E-state index in [1.807, 2.05) is 0 Å². The molecule has 0 heterocycles. The summed E-state index contributed by atoms with van der Waals surface area (Å²) in [5, 5.41) is 4.58. The molecule has 0 atom stereocenters. The third kappa shape index (κ3) is 3.97. The van der Waals surface area contributed by atoms with Gasteiger partial charge in [-0.3, -0.25) is 0 Å². The van der Waals surface area contributed by atoms with E-state index >= 15 is 0 Å². The van der Waals surface area contributed by atoms with Crippen molar-refractivity contribution in [3.8, 4) is 0 Å². The fourth-order valence-corrected chi connectivity index (χ4v) is 3.46. The first kappa shape index (κ1) is 14.9. The van der Waals surface area contributed by atoms with Gasteiger partial charge in [-0.25, -0.2) is 0 Å². The molecule has 1 aromatic rings. The second kappa shape index (κ2) is 6.28. The highest BCUT2D eigenvalue weighted by Crippen LogP contribution is 2.41. The first-order valence-electron chi connectivity index (χ1n) is 7.49. The number of rotatable bonds is 5. The number of benzene rings is 1. The van der Waals surface area contributed by atoms with Gasteiger partial charge >= 0.3 is 0 Å². The molecule has 2 heteroatoms. The van der Waals surface area contributed by atoms with Crippen molar-refractivity contribution in [3.05, 3.63) is 34.3 Å². The Hall–Kier alpha value is -0.530. The fourth-order valence-electron chi connectivity index (χ4n) is 3.16. The van der Waals surface area contributed by atoms with Gasteiger partial charge in [-0.2, -0.15) is 0 Å². The molecule has 0 spiro atoms. The minimum absolute atomic E-state index is 0.420. The zero-order chi connectivity index (χ0) is 13.9. The van der Waals surface area contributed by atoms with Crippen molar-refractivity contribution in [2.45, 2.75) is 58.9 Å². The van der Waals surface area contributed by atoms with Gasteiger partial charge in [0.05, 0.1) is 0 Å². The Balaban J connectivity index is 2.11. The zero-order valence-corrected chi connectivity index (χ0v) is 13.2. The van der Waals surface area contributed by atoms with Crippen molar-refractivity contribution in [2.24, 2.45) is 5.41 Å². The Morgan fingerprint density at radius 3 is 2.53 bits per heavy atom. The van der Waals surface area contributed by atoms with Crippen LogP contribution in [0.4, 0.5) is 0 Å². The quantitative estimate of drug-likeness (QED) is 0.820. The molecule has 0 saturated heterocycles. The van der Waals surface area contributed by atoms with E-state index in [0.717, 1.165) is 18.0 Å². The van der Waals surface area contributed by atoms with E-state index < -0.39 is 0 Å². The standard InChI is InChI=1S/C17H26ClN/c1-13(2)19-12-17(8-4-5-9-17)11-15-7-6-14(3)10-16(15)18/h6-7,10,13,19H,4-5,8-9,11-12H2,1-3H3. The Morgan fingerprint density at radius 2 is 1.95 bits per heavy atom. The number of halogens is 1. The van der Waals surface area contributed by atoms with E-state index in [0.29, 0.717) is 11.5 Å². The third-order valence-corrected chi connectivity index (χ3v) is 4.68. The fraction of sp³-hybridized carbons (Fsp3) is 0.647. The number of nitrogens with one attached hydrogen (secondary N) is 1. The molecular formula is C17H26ClN. The Kier molecular flexibility index (Phi) is 4.92. The summed E-state index contributed by atoms with van der Waals surface area (Å²) in [6.07, 6.45) is 6.51. The molecule has 0 amide bonds. The van der Waals surface area contributed by atoms with Crippen molar-refractivity contribution in [3.63, 3.8) is 0 Å². The summed E-state index contributed by atoms with van der Waals surface area (Å²) < 4.78 is 0. The zero-order valence-electron chi connectivity index (χ0n) is 12.4. The molecule has 0 aromatic heterocycles. The smallest absolute Gasteiger partial charge is 0.0440 e. The Bertz CT molecular complexity index is 419. The first-order chi connectivity index (χ1) is 9.01. The predicted molar refractivity (Wildman–Crippen MR) is 83.9 cm³/mol. The number of hydrogen-bond acceptors (Lipinski definition) is 1. The summed E-state index contributed by atoms with van der Waals surface area (Å²) in [6.45, 7) is 7.67. The summed E-state index contributed by atoms with van der Waals surface area (Å²) in [6, 6.07) is 7.05. The van der Waals surface area contributed by atoms with Crippen LogP contribution in [0.25, 0.3) is 0 Å². The third-order valence-electron chi connectivity index (χ3n) is 4.32. The molecule has 106 valence electrons. The number of aryl methyl sites for hydroxylation is 1. The van der Waals surface area contributed by atoms with Gasteiger partial charge in [0.25, 0.3) is 0 Å². The Labute approximate surface area is 122 Å². The summed E-state index contributed by atoms with van der Waals surface area (Å²) in [7, 11) is 0. The lowest BCUT2D eigenvalue weighted by Gasteiger charge is -2.31. The average molecular weight is 280 g/mol. The second-order valence-corrected chi connectivity index (χ2v) is 6.92. The van der Waals surface area contributed by atoms with Crippen molar-refractivity contribution in [1.29, 1.82) is 0 Å². The maximum atomic E-state index is 6.41. The summed E-state index contributed by atoms with van der Waals surface area (Å²) in [5.74, 6) is 0. The maximum Gasteiger partial charge on any atom is 0.0440 e. The van der Waals surface area contributed by atoms with E-state index in [1.165, 1.54) is 36.8 Å². The molecule has 1 N–H and O–H groups in total. The molecule has 0 bridgehead atoms. The van der Waals surface area contributed by atoms with Crippen LogP contribution in [0.2, 0.25) is 5.02 Å². The molecule has 1 nitrogen and oxygen atoms in total. The van der Waals surface area contributed by atoms with E-state index in [9.17, 15) is 0 Å². The topological polar surface area (TPSA) is 12.0 Å². The average Bonchev–Trinajstić information content (AvgIpc) is 2.80. The molecule has 1 aromatic carbocycles. The largest absolute Gasteiger partial charge is 0.314 e. The maximum absolute atomic E-state index is 6.41. The highest BCUT2D eigenvalue weighted by molar-refractivity contribution is 6.31. The Morgan fingerprint density at radius 1 is 1.26 bits per heavy atom. The predicted octanol–water partition coefficient (Wildman–Crippen LogP) is 4.75. The SMILES string of the molecule is Cc1ccc(CC2(CNC(C)C)CCCC2)c(Cl)c1. The second-order valence-electron chi connectivity index (χ2n) is 6.51. The van der Waals surface area contributed by atoms with E-state index in [-0.39, 0.29) is 0 Å².